The highest BCUT2D eigenvalue weighted by molar-refractivity contribution is 5.92. The molecule has 2 aromatic heterocycles. The van der Waals surface area contributed by atoms with Crippen molar-refractivity contribution in [2.24, 2.45) is 0 Å². The Kier molecular flexibility index (Phi) is 3.44. The third kappa shape index (κ3) is 2.31. The van der Waals surface area contributed by atoms with Crippen molar-refractivity contribution in [1.82, 2.24) is 19.9 Å². The molecule has 24 heavy (non-hydrogen) atoms. The van der Waals surface area contributed by atoms with Gasteiger partial charge >= 0.3 is 0 Å². The number of likely N-dealkylation sites (tertiary alicyclic amines) is 1. The molecule has 1 unspecified atom stereocenters. The van der Waals surface area contributed by atoms with Crippen LogP contribution in [0.4, 0.5) is 10.3 Å². The van der Waals surface area contributed by atoms with Gasteiger partial charge in [-0.2, -0.15) is 0 Å². The van der Waals surface area contributed by atoms with Gasteiger partial charge in [0.05, 0.1) is 5.69 Å². The summed E-state index contributed by atoms with van der Waals surface area (Å²) in [7, 11) is 0. The zero-order valence-corrected chi connectivity index (χ0v) is 13.2. The second-order valence-corrected chi connectivity index (χ2v) is 6.55. The van der Waals surface area contributed by atoms with E-state index in [1.165, 1.54) is 18.3 Å². The summed E-state index contributed by atoms with van der Waals surface area (Å²) in [6, 6.07) is 2.75. The van der Waals surface area contributed by atoms with Crippen molar-refractivity contribution >= 4 is 11.9 Å². The third-order valence-corrected chi connectivity index (χ3v) is 5.08. The number of rotatable bonds is 1. The second kappa shape index (κ2) is 5.51. The van der Waals surface area contributed by atoms with Gasteiger partial charge in [-0.25, -0.2) is 19.3 Å². The minimum Gasteiger partial charge on any atom is -0.368 e. The largest absolute Gasteiger partial charge is 0.368 e. The predicted octanol–water partition coefficient (Wildman–Crippen LogP) is 1.71. The van der Waals surface area contributed by atoms with Crippen LogP contribution in [-0.4, -0.2) is 38.8 Å². The molecular formula is C17H18FN5O. The Morgan fingerprint density at radius 3 is 3.04 bits per heavy atom. The molecule has 1 saturated heterocycles. The maximum atomic E-state index is 13.9. The van der Waals surface area contributed by atoms with Crippen LogP contribution in [0.3, 0.4) is 0 Å². The molecule has 2 N–H and O–H groups in total. The SMILES string of the molecule is Nc1ncc2c(n1)C1(CCCN(C(=O)c3ncccc3F)C1)CC2. The van der Waals surface area contributed by atoms with Crippen molar-refractivity contribution in [1.29, 1.82) is 0 Å². The Morgan fingerprint density at radius 1 is 1.33 bits per heavy atom. The van der Waals surface area contributed by atoms with Crippen LogP contribution in [-0.2, 0) is 11.8 Å². The molecule has 124 valence electrons. The Bertz CT molecular complexity index is 807. The molecule has 1 aliphatic carbocycles. The molecule has 2 aliphatic rings. The maximum Gasteiger partial charge on any atom is 0.275 e. The van der Waals surface area contributed by atoms with Crippen LogP contribution in [0.5, 0.6) is 0 Å². The molecule has 0 radical (unpaired) electrons. The number of pyridine rings is 1. The minimum atomic E-state index is -0.583. The van der Waals surface area contributed by atoms with Crippen molar-refractivity contribution < 1.29 is 9.18 Å². The van der Waals surface area contributed by atoms with Crippen LogP contribution >= 0.6 is 0 Å². The molecule has 1 atom stereocenters. The first-order valence-electron chi connectivity index (χ1n) is 8.11. The molecule has 4 rings (SSSR count). The normalized spacial score (nSPS) is 22.6. The number of nitrogens with zero attached hydrogens (tertiary/aromatic N) is 4. The number of fused-ring (bicyclic) bond motifs is 2. The van der Waals surface area contributed by atoms with E-state index in [0.717, 1.165) is 36.9 Å². The highest BCUT2D eigenvalue weighted by Crippen LogP contribution is 2.44. The van der Waals surface area contributed by atoms with Crippen molar-refractivity contribution in [3.8, 4) is 0 Å². The lowest BCUT2D eigenvalue weighted by Gasteiger charge is -2.40. The number of aromatic nitrogens is 3. The van der Waals surface area contributed by atoms with Crippen LogP contribution < -0.4 is 5.73 Å². The molecule has 0 bridgehead atoms. The first-order chi connectivity index (χ1) is 11.6. The average molecular weight is 327 g/mol. The first-order valence-corrected chi connectivity index (χ1v) is 8.11. The lowest BCUT2D eigenvalue weighted by Crippen LogP contribution is -2.48. The number of halogens is 1. The molecule has 1 aliphatic heterocycles. The van der Waals surface area contributed by atoms with Crippen molar-refractivity contribution in [3.63, 3.8) is 0 Å². The third-order valence-electron chi connectivity index (χ3n) is 5.08. The average Bonchev–Trinajstić information content (AvgIpc) is 2.92. The molecule has 1 amide bonds. The van der Waals surface area contributed by atoms with Crippen molar-refractivity contribution in [3.05, 3.63) is 47.3 Å². The zero-order valence-electron chi connectivity index (χ0n) is 13.2. The second-order valence-electron chi connectivity index (χ2n) is 6.55. The zero-order chi connectivity index (χ0) is 16.7. The standard InChI is InChI=1S/C17H18FN5O/c18-12-3-1-7-20-13(12)15(24)23-8-2-5-17(10-23)6-4-11-9-21-16(19)22-14(11)17/h1,3,7,9H,2,4-6,8,10H2,(H2,19,21,22). The number of anilines is 1. The van der Waals surface area contributed by atoms with Crippen LogP contribution in [0, 0.1) is 5.82 Å². The molecule has 0 saturated carbocycles. The monoisotopic (exact) mass is 327 g/mol. The smallest absolute Gasteiger partial charge is 0.275 e. The molecule has 2 aromatic rings. The van der Waals surface area contributed by atoms with Gasteiger partial charge < -0.3 is 10.6 Å². The summed E-state index contributed by atoms with van der Waals surface area (Å²) >= 11 is 0. The van der Waals surface area contributed by atoms with E-state index in [1.807, 2.05) is 0 Å². The molecule has 1 fully saturated rings. The summed E-state index contributed by atoms with van der Waals surface area (Å²) in [6.45, 7) is 1.12. The summed E-state index contributed by atoms with van der Waals surface area (Å²) in [5, 5.41) is 0. The summed E-state index contributed by atoms with van der Waals surface area (Å²) in [5.41, 5.74) is 7.50. The van der Waals surface area contributed by atoms with Crippen LogP contribution in [0.1, 0.15) is 41.0 Å². The fraction of sp³-hybridized carbons (Fsp3) is 0.412. The highest BCUT2D eigenvalue weighted by atomic mass is 19.1. The van der Waals surface area contributed by atoms with Gasteiger partial charge in [0.2, 0.25) is 5.95 Å². The lowest BCUT2D eigenvalue weighted by molar-refractivity contribution is 0.0622. The number of nitrogen functional groups attached to an aromatic ring is 1. The number of amides is 1. The summed E-state index contributed by atoms with van der Waals surface area (Å²) in [6.07, 6.45) is 6.82. The summed E-state index contributed by atoms with van der Waals surface area (Å²) in [5.74, 6) is -0.683. The fourth-order valence-electron chi connectivity index (χ4n) is 3.95. The van der Waals surface area contributed by atoms with Gasteiger partial charge in [0.15, 0.2) is 11.5 Å². The minimum absolute atomic E-state index is 0.116. The van der Waals surface area contributed by atoms with E-state index in [1.54, 1.807) is 11.1 Å². The highest BCUT2D eigenvalue weighted by Gasteiger charge is 2.45. The van der Waals surface area contributed by atoms with E-state index in [-0.39, 0.29) is 23.0 Å². The number of piperidine rings is 1. The van der Waals surface area contributed by atoms with Gasteiger partial charge in [-0.15, -0.1) is 0 Å². The quantitative estimate of drug-likeness (QED) is 0.862. The van der Waals surface area contributed by atoms with Gasteiger partial charge in [0.1, 0.15) is 0 Å². The first kappa shape index (κ1) is 15.0. The predicted molar refractivity (Wildman–Crippen MR) is 85.8 cm³/mol. The Labute approximate surface area is 138 Å². The Balaban J connectivity index is 1.65. The fourth-order valence-corrected chi connectivity index (χ4v) is 3.95. The van der Waals surface area contributed by atoms with E-state index < -0.39 is 5.82 Å². The summed E-state index contributed by atoms with van der Waals surface area (Å²) < 4.78 is 13.9. The molecule has 3 heterocycles. The topological polar surface area (TPSA) is 85.0 Å². The van der Waals surface area contributed by atoms with E-state index in [4.69, 9.17) is 5.73 Å². The molecule has 1 spiro atoms. The van der Waals surface area contributed by atoms with E-state index in [0.29, 0.717) is 13.1 Å². The van der Waals surface area contributed by atoms with Crippen LogP contribution in [0.2, 0.25) is 0 Å². The van der Waals surface area contributed by atoms with Crippen molar-refractivity contribution in [2.45, 2.75) is 31.1 Å². The Hall–Kier alpha value is -2.57. The van der Waals surface area contributed by atoms with Crippen molar-refractivity contribution in [2.75, 3.05) is 18.8 Å². The van der Waals surface area contributed by atoms with Gasteiger partial charge in [0, 0.05) is 30.9 Å². The molecule has 6 nitrogen and oxygen atoms in total. The van der Waals surface area contributed by atoms with Gasteiger partial charge in [-0.1, -0.05) is 0 Å². The van der Waals surface area contributed by atoms with Gasteiger partial charge in [0.25, 0.3) is 5.91 Å². The molecule has 0 aromatic carbocycles. The number of hydrogen-bond donors (Lipinski definition) is 1. The Morgan fingerprint density at radius 2 is 2.21 bits per heavy atom. The van der Waals surface area contributed by atoms with Crippen LogP contribution in [0.15, 0.2) is 24.5 Å². The van der Waals surface area contributed by atoms with Gasteiger partial charge in [-0.3, -0.25) is 4.79 Å². The molecular weight excluding hydrogens is 309 g/mol. The number of carbonyl (C=O) groups is 1. The number of carbonyl (C=O) groups excluding carboxylic acids is 1. The maximum absolute atomic E-state index is 13.9. The van der Waals surface area contributed by atoms with E-state index >= 15 is 0 Å². The van der Waals surface area contributed by atoms with E-state index in [2.05, 4.69) is 15.0 Å². The lowest BCUT2D eigenvalue weighted by atomic mass is 9.77. The number of nitrogens with two attached hydrogens (primary N) is 1. The molecule has 7 heteroatoms. The van der Waals surface area contributed by atoms with Gasteiger partial charge in [-0.05, 0) is 43.4 Å². The number of aryl methyl sites for hydroxylation is 1. The number of hydrogen-bond acceptors (Lipinski definition) is 5. The summed E-state index contributed by atoms with van der Waals surface area (Å²) in [4.78, 5) is 26.8. The van der Waals surface area contributed by atoms with E-state index in [9.17, 15) is 9.18 Å². The van der Waals surface area contributed by atoms with Crippen LogP contribution in [0.25, 0.3) is 0 Å².